The van der Waals surface area contributed by atoms with E-state index in [9.17, 15) is 4.79 Å². The molecule has 0 bridgehead atoms. The van der Waals surface area contributed by atoms with Crippen LogP contribution in [0.15, 0.2) is 72.8 Å². The van der Waals surface area contributed by atoms with E-state index in [1.807, 2.05) is 24.3 Å². The van der Waals surface area contributed by atoms with Gasteiger partial charge in [0.15, 0.2) is 0 Å². The van der Waals surface area contributed by atoms with Gasteiger partial charge in [0.1, 0.15) is 0 Å². The monoisotopic (exact) mass is 432 g/mol. The molecule has 1 aliphatic rings. The lowest BCUT2D eigenvalue weighted by molar-refractivity contribution is -0.121. The van der Waals surface area contributed by atoms with Crippen molar-refractivity contribution < 1.29 is 4.79 Å². The predicted molar refractivity (Wildman–Crippen MR) is 128 cm³/mol. The van der Waals surface area contributed by atoms with Crippen molar-refractivity contribution in [2.75, 3.05) is 13.1 Å². The molecule has 3 aromatic carbocycles. The summed E-state index contributed by atoms with van der Waals surface area (Å²) in [7, 11) is 0. The number of halogens is 1. The molecule has 31 heavy (non-hydrogen) atoms. The predicted octanol–water partition coefficient (Wildman–Crippen LogP) is 5.64. The van der Waals surface area contributed by atoms with Crippen molar-refractivity contribution in [2.24, 2.45) is 0 Å². The highest BCUT2D eigenvalue weighted by atomic mass is 35.5. The molecule has 3 nitrogen and oxygen atoms in total. The smallest absolute Gasteiger partial charge is 0.224 e. The average molecular weight is 433 g/mol. The molecule has 1 aliphatic heterocycles. The van der Waals surface area contributed by atoms with Crippen LogP contribution in [-0.2, 0) is 17.8 Å². The average Bonchev–Trinajstić information content (AvgIpc) is 2.75. The van der Waals surface area contributed by atoms with Crippen LogP contribution in [0.25, 0.3) is 11.1 Å². The summed E-state index contributed by atoms with van der Waals surface area (Å²) in [6.45, 7) is 5.07. The molecule has 160 valence electrons. The number of piperidine rings is 1. The molecule has 0 aliphatic carbocycles. The number of nitrogens with one attached hydrogen (secondary N) is 1. The van der Waals surface area contributed by atoms with E-state index in [0.717, 1.165) is 38.0 Å². The van der Waals surface area contributed by atoms with Gasteiger partial charge in [-0.3, -0.25) is 9.69 Å². The third kappa shape index (κ3) is 6.19. The molecule has 1 fully saturated rings. The van der Waals surface area contributed by atoms with Crippen LogP contribution in [-0.4, -0.2) is 29.9 Å². The van der Waals surface area contributed by atoms with Gasteiger partial charge in [-0.05, 0) is 60.2 Å². The van der Waals surface area contributed by atoms with E-state index in [2.05, 4.69) is 65.7 Å². The molecular weight excluding hydrogens is 404 g/mol. The Morgan fingerprint density at radius 1 is 0.935 bits per heavy atom. The minimum absolute atomic E-state index is 0.0755. The summed E-state index contributed by atoms with van der Waals surface area (Å²) in [6.07, 6.45) is 2.35. The Morgan fingerprint density at radius 3 is 2.35 bits per heavy atom. The maximum Gasteiger partial charge on any atom is 0.224 e. The summed E-state index contributed by atoms with van der Waals surface area (Å²) >= 11 is 6.02. The summed E-state index contributed by atoms with van der Waals surface area (Å²) in [5.41, 5.74) is 6.10. The zero-order valence-electron chi connectivity index (χ0n) is 18.0. The summed E-state index contributed by atoms with van der Waals surface area (Å²) in [4.78, 5) is 14.9. The first kappa shape index (κ1) is 21.6. The normalized spacial score (nSPS) is 15.0. The van der Waals surface area contributed by atoms with Crippen molar-refractivity contribution in [1.29, 1.82) is 0 Å². The number of carbonyl (C=O) groups is 1. The van der Waals surface area contributed by atoms with E-state index in [-0.39, 0.29) is 11.9 Å². The number of hydrogen-bond donors (Lipinski definition) is 1. The van der Waals surface area contributed by atoms with Gasteiger partial charge in [0, 0.05) is 30.7 Å². The Morgan fingerprint density at radius 2 is 1.61 bits per heavy atom. The van der Waals surface area contributed by atoms with Crippen LogP contribution in [0, 0.1) is 6.92 Å². The summed E-state index contributed by atoms with van der Waals surface area (Å²) < 4.78 is 0. The van der Waals surface area contributed by atoms with Gasteiger partial charge < -0.3 is 5.32 Å². The highest BCUT2D eigenvalue weighted by molar-refractivity contribution is 6.30. The minimum atomic E-state index is 0.0755. The Kier molecular flexibility index (Phi) is 7.06. The first-order chi connectivity index (χ1) is 15.0. The molecule has 1 N–H and O–H groups in total. The minimum Gasteiger partial charge on any atom is -0.353 e. The largest absolute Gasteiger partial charge is 0.353 e. The zero-order chi connectivity index (χ0) is 21.6. The fourth-order valence-electron chi connectivity index (χ4n) is 4.28. The number of hydrogen-bond acceptors (Lipinski definition) is 2. The molecule has 0 radical (unpaired) electrons. The van der Waals surface area contributed by atoms with Gasteiger partial charge in [-0.2, -0.15) is 0 Å². The van der Waals surface area contributed by atoms with Gasteiger partial charge in [0.05, 0.1) is 6.42 Å². The topological polar surface area (TPSA) is 32.3 Å². The van der Waals surface area contributed by atoms with Crippen LogP contribution in [0.3, 0.4) is 0 Å². The lowest BCUT2D eigenvalue weighted by Gasteiger charge is -2.32. The van der Waals surface area contributed by atoms with Crippen LogP contribution in [0.2, 0.25) is 5.02 Å². The van der Waals surface area contributed by atoms with E-state index in [1.54, 1.807) is 0 Å². The number of rotatable bonds is 6. The van der Waals surface area contributed by atoms with Gasteiger partial charge in [-0.1, -0.05) is 71.8 Å². The number of nitrogens with zero attached hydrogens (tertiary/aromatic N) is 1. The van der Waals surface area contributed by atoms with Crippen molar-refractivity contribution in [3.05, 3.63) is 94.5 Å². The van der Waals surface area contributed by atoms with Crippen molar-refractivity contribution in [1.82, 2.24) is 10.2 Å². The fourth-order valence-corrected chi connectivity index (χ4v) is 4.49. The molecule has 0 unspecified atom stereocenters. The van der Waals surface area contributed by atoms with Crippen molar-refractivity contribution >= 4 is 17.5 Å². The Balaban J connectivity index is 1.27. The SMILES string of the molecule is Cc1cccc(-c2cccc(CN3CCC(NC(=O)Cc4cccc(Cl)c4)CC3)c2)c1. The highest BCUT2D eigenvalue weighted by Gasteiger charge is 2.21. The number of carbonyl (C=O) groups excluding carboxylic acids is 1. The second-order valence-corrected chi connectivity index (χ2v) is 8.93. The van der Waals surface area contributed by atoms with E-state index in [1.165, 1.54) is 22.3 Å². The van der Waals surface area contributed by atoms with Gasteiger partial charge in [-0.15, -0.1) is 0 Å². The molecule has 0 aromatic heterocycles. The molecule has 4 rings (SSSR count). The lowest BCUT2D eigenvalue weighted by Crippen LogP contribution is -2.44. The number of amides is 1. The fraction of sp³-hybridized carbons (Fsp3) is 0.296. The molecule has 0 saturated carbocycles. The summed E-state index contributed by atoms with van der Waals surface area (Å²) in [5, 5.41) is 3.87. The second kappa shape index (κ2) is 10.1. The molecule has 4 heteroatoms. The highest BCUT2D eigenvalue weighted by Crippen LogP contribution is 2.23. The second-order valence-electron chi connectivity index (χ2n) is 8.49. The molecule has 3 aromatic rings. The quantitative estimate of drug-likeness (QED) is 0.546. The van der Waals surface area contributed by atoms with Gasteiger partial charge in [0.2, 0.25) is 5.91 Å². The van der Waals surface area contributed by atoms with E-state index in [4.69, 9.17) is 11.6 Å². The molecule has 1 heterocycles. The van der Waals surface area contributed by atoms with Crippen molar-refractivity contribution in [2.45, 2.75) is 38.8 Å². The van der Waals surface area contributed by atoms with Crippen LogP contribution >= 0.6 is 11.6 Å². The first-order valence-corrected chi connectivity index (χ1v) is 11.3. The van der Waals surface area contributed by atoms with E-state index >= 15 is 0 Å². The molecule has 1 saturated heterocycles. The van der Waals surface area contributed by atoms with Crippen LogP contribution in [0.4, 0.5) is 0 Å². The number of likely N-dealkylation sites (tertiary alicyclic amines) is 1. The van der Waals surface area contributed by atoms with Crippen molar-refractivity contribution in [3.8, 4) is 11.1 Å². The van der Waals surface area contributed by atoms with Gasteiger partial charge in [-0.25, -0.2) is 0 Å². The van der Waals surface area contributed by atoms with Crippen LogP contribution in [0.1, 0.15) is 29.5 Å². The lowest BCUT2D eigenvalue weighted by atomic mass is 10.00. The molecule has 0 atom stereocenters. The first-order valence-electron chi connectivity index (χ1n) is 11.0. The Labute approximate surface area is 190 Å². The summed E-state index contributed by atoms with van der Waals surface area (Å²) in [5.74, 6) is 0.0755. The zero-order valence-corrected chi connectivity index (χ0v) is 18.7. The molecule has 0 spiro atoms. The maximum atomic E-state index is 12.4. The standard InChI is InChI=1S/C27H29ClN2O/c1-20-5-2-8-23(15-20)24-9-3-7-22(16-24)19-30-13-11-26(12-14-30)29-27(31)18-21-6-4-10-25(28)17-21/h2-10,15-17,26H,11-14,18-19H2,1H3,(H,29,31). The summed E-state index contributed by atoms with van der Waals surface area (Å²) in [6, 6.07) is 25.2. The number of benzene rings is 3. The third-order valence-corrected chi connectivity index (χ3v) is 6.13. The molecule has 1 amide bonds. The van der Waals surface area contributed by atoms with E-state index < -0.39 is 0 Å². The van der Waals surface area contributed by atoms with Gasteiger partial charge in [0.25, 0.3) is 0 Å². The Hall–Kier alpha value is -2.62. The van der Waals surface area contributed by atoms with Crippen LogP contribution < -0.4 is 5.32 Å². The van der Waals surface area contributed by atoms with Crippen LogP contribution in [0.5, 0.6) is 0 Å². The third-order valence-electron chi connectivity index (χ3n) is 5.89. The van der Waals surface area contributed by atoms with Crippen molar-refractivity contribution in [3.63, 3.8) is 0 Å². The number of aryl methyl sites for hydroxylation is 1. The van der Waals surface area contributed by atoms with E-state index in [0.29, 0.717) is 11.4 Å². The van der Waals surface area contributed by atoms with Gasteiger partial charge >= 0.3 is 0 Å². The Bertz CT molecular complexity index is 1040. The molecular formula is C27H29ClN2O. The maximum absolute atomic E-state index is 12.4.